The Balaban J connectivity index is 0. The molecule has 3 aromatic rings. The normalized spacial score (nSPS) is 15.2. The quantitative estimate of drug-likeness (QED) is 0.0776. The Bertz CT molecular complexity index is 1620. The molecule has 0 saturated carbocycles. The first kappa shape index (κ1) is 60.1. The van der Waals surface area contributed by atoms with Crippen LogP contribution in [0.3, 0.4) is 0 Å². The number of nitrogen functional groups attached to an aromatic ring is 4. The van der Waals surface area contributed by atoms with Gasteiger partial charge in [-0.1, -0.05) is 128 Å². The van der Waals surface area contributed by atoms with Crippen molar-refractivity contribution in [1.82, 2.24) is 35.0 Å². The number of rotatable bonds is 4. The van der Waals surface area contributed by atoms with Gasteiger partial charge in [-0.15, -0.1) is 0 Å². The predicted octanol–water partition coefficient (Wildman–Crippen LogP) is 6.84. The molecule has 25 heteroatoms. The summed E-state index contributed by atoms with van der Waals surface area (Å²) in [6, 6.07) is 5.05. The summed E-state index contributed by atoms with van der Waals surface area (Å²) in [5, 5.41) is 24.6. The summed E-state index contributed by atoms with van der Waals surface area (Å²) in [6.07, 6.45) is 4.61. The molecular formula is C34H59BrI5N15O4. The number of nitrogens with two attached hydrogens (primary N) is 4. The van der Waals surface area contributed by atoms with Crippen LogP contribution >= 0.6 is 129 Å². The highest BCUT2D eigenvalue weighted by molar-refractivity contribution is 14.3. The summed E-state index contributed by atoms with van der Waals surface area (Å²) in [5.74, 6) is 0.322. The second-order valence-electron chi connectivity index (χ2n) is 12.2. The Morgan fingerprint density at radius 3 is 1.36 bits per heavy atom. The van der Waals surface area contributed by atoms with E-state index in [1.165, 1.54) is 34.0 Å². The zero-order valence-electron chi connectivity index (χ0n) is 31.9. The molecule has 0 radical (unpaired) electrons. The highest BCUT2D eigenvalue weighted by atomic mass is 127. The summed E-state index contributed by atoms with van der Waals surface area (Å²) in [5.41, 5.74) is 24.3. The number of hydrogen-bond donors (Lipinski definition) is 5. The van der Waals surface area contributed by atoms with Crippen molar-refractivity contribution in [3.8, 4) is 0 Å². The number of nitro groups is 2. The molecule has 9 N–H and O–H groups in total. The minimum atomic E-state index is -0.577. The van der Waals surface area contributed by atoms with E-state index in [1.54, 1.807) is 12.3 Å². The van der Waals surface area contributed by atoms with Crippen LogP contribution in [0.15, 0.2) is 41.3 Å². The van der Waals surface area contributed by atoms with Gasteiger partial charge in [-0.05, 0) is 55.3 Å². The summed E-state index contributed by atoms with van der Waals surface area (Å²) >= 11 is 14.5. The van der Waals surface area contributed by atoms with Gasteiger partial charge in [-0.2, -0.15) is 0 Å². The number of aromatic nitrogens is 3. The molecule has 3 aliphatic heterocycles. The first-order valence-electron chi connectivity index (χ1n) is 17.2. The third-order valence-corrected chi connectivity index (χ3v) is 8.87. The third-order valence-electron chi connectivity index (χ3n) is 8.23. The molecule has 6 rings (SSSR count). The van der Waals surface area contributed by atoms with Crippen molar-refractivity contribution in [2.24, 2.45) is 0 Å². The van der Waals surface area contributed by atoms with Crippen LogP contribution in [0.1, 0.15) is 14.9 Å². The van der Waals surface area contributed by atoms with Crippen molar-refractivity contribution in [2.45, 2.75) is 14.8 Å². The van der Waals surface area contributed by atoms with Crippen LogP contribution in [0.5, 0.6) is 0 Å². The molecule has 19 nitrogen and oxygen atoms in total. The Morgan fingerprint density at radius 2 is 1.00 bits per heavy atom. The van der Waals surface area contributed by atoms with Gasteiger partial charge in [0, 0.05) is 97.1 Å². The minimum absolute atomic E-state index is 0. The maximum absolute atomic E-state index is 11.0. The van der Waals surface area contributed by atoms with Gasteiger partial charge in [0.1, 0.15) is 15.9 Å². The second-order valence-corrected chi connectivity index (χ2v) is 28.4. The largest absolute Gasteiger partial charge is 0.394 e. The minimum Gasteiger partial charge on any atom is -0.394 e. The summed E-state index contributed by atoms with van der Waals surface area (Å²) in [6.45, 7) is 12.1. The van der Waals surface area contributed by atoms with Gasteiger partial charge < -0.3 is 52.8 Å². The van der Waals surface area contributed by atoms with Crippen LogP contribution in [-0.4, -0.2) is 142 Å². The first-order valence-corrected chi connectivity index (χ1v) is 24.8. The standard InChI is InChI=1S/C10H15N5O2.C10H17N5.C5H4BrN3O2.C5H12N2.CHI3.CH2I2.2CH4/c1-13-4-6-14(7-5-13)8-2-3-12-10(11)9(8)15(16)17;1-14-4-6-15(7-5-14)8-2-3-13-10(12)9(8)11;6-3-1-2-8-5(7)4(3)9(10)11;1-7-4-2-6-3-5-7;2-1(3)4;2-1-3;;/h2-3H,4-7H2,1H3,(H2,11,12);2-3H,4-7,11H2,1H3,(H2,12,13);1-2H,(H2,7,8);6H,2-5H2,1H3;1H;1H2;2*1H4. The lowest BCUT2D eigenvalue weighted by Gasteiger charge is -2.34. The monoisotopic (exact) mass is 1450 g/mol. The Hall–Kier alpha value is -0.980. The van der Waals surface area contributed by atoms with Gasteiger partial charge >= 0.3 is 11.4 Å². The van der Waals surface area contributed by atoms with Gasteiger partial charge in [0.25, 0.3) is 0 Å². The molecule has 0 unspecified atom stereocenters. The van der Waals surface area contributed by atoms with E-state index in [4.69, 9.17) is 22.9 Å². The second kappa shape index (κ2) is 33.6. The molecule has 0 atom stereocenters. The third kappa shape index (κ3) is 23.9. The van der Waals surface area contributed by atoms with Crippen molar-refractivity contribution in [3.05, 3.63) is 61.5 Å². The van der Waals surface area contributed by atoms with Crippen molar-refractivity contribution in [2.75, 3.05) is 135 Å². The topological polar surface area (TPSA) is 257 Å². The number of alkyl halides is 5. The fraction of sp³-hybridized carbons (Fsp3) is 0.559. The summed E-state index contributed by atoms with van der Waals surface area (Å²) < 4.78 is 2.28. The number of anilines is 6. The molecule has 3 aromatic heterocycles. The van der Waals surface area contributed by atoms with E-state index in [1.807, 2.05) is 18.0 Å². The number of nitrogens with zero attached hydrogens (tertiary/aromatic N) is 10. The zero-order chi connectivity index (χ0) is 43.1. The fourth-order valence-electron chi connectivity index (χ4n) is 5.15. The number of pyridine rings is 3. The zero-order valence-corrected chi connectivity index (χ0v) is 44.3. The number of nitrogens with one attached hydrogen (secondary N) is 1. The van der Waals surface area contributed by atoms with Crippen molar-refractivity contribution >= 4 is 175 Å². The highest BCUT2D eigenvalue weighted by Crippen LogP contribution is 2.32. The van der Waals surface area contributed by atoms with E-state index in [9.17, 15) is 20.2 Å². The number of hydrogen-bond acceptors (Lipinski definition) is 17. The van der Waals surface area contributed by atoms with Crippen molar-refractivity contribution < 1.29 is 9.85 Å². The molecule has 3 saturated heterocycles. The maximum atomic E-state index is 11.0. The Kier molecular flexibility index (Phi) is 34.2. The van der Waals surface area contributed by atoms with Gasteiger partial charge in [0.15, 0.2) is 0 Å². The molecule has 59 heavy (non-hydrogen) atoms. The van der Waals surface area contributed by atoms with E-state index >= 15 is 0 Å². The lowest BCUT2D eigenvalue weighted by Crippen LogP contribution is -2.44. The lowest BCUT2D eigenvalue weighted by atomic mass is 10.2. The molecule has 0 aromatic carbocycles. The smallest absolute Gasteiger partial charge is 0.334 e. The van der Waals surface area contributed by atoms with E-state index in [0.29, 0.717) is 21.7 Å². The first-order chi connectivity index (χ1) is 26.9. The van der Waals surface area contributed by atoms with Gasteiger partial charge in [-0.3, -0.25) is 20.2 Å². The molecule has 3 aliphatic rings. The van der Waals surface area contributed by atoms with Crippen molar-refractivity contribution in [1.29, 1.82) is 0 Å². The Morgan fingerprint density at radius 1 is 0.661 bits per heavy atom. The van der Waals surface area contributed by atoms with Crippen LogP contribution < -0.4 is 38.1 Å². The average Bonchev–Trinajstić information content (AvgIpc) is 3.14. The highest BCUT2D eigenvalue weighted by Gasteiger charge is 2.25. The lowest BCUT2D eigenvalue weighted by molar-refractivity contribution is -0.385. The van der Waals surface area contributed by atoms with Crippen LogP contribution in [-0.2, 0) is 0 Å². The van der Waals surface area contributed by atoms with Gasteiger partial charge in [-0.25, -0.2) is 15.0 Å². The van der Waals surface area contributed by atoms with E-state index in [2.05, 4.69) is 183 Å². The molecule has 0 amide bonds. The van der Waals surface area contributed by atoms with Crippen LogP contribution in [0.2, 0.25) is 0 Å². The molecule has 6 heterocycles. The molecule has 0 aliphatic carbocycles. The van der Waals surface area contributed by atoms with Crippen LogP contribution in [0, 0.1) is 20.2 Å². The fourth-order valence-corrected chi connectivity index (χ4v) is 5.62. The van der Waals surface area contributed by atoms with Gasteiger partial charge in [0.2, 0.25) is 11.6 Å². The maximum Gasteiger partial charge on any atom is 0.334 e. The van der Waals surface area contributed by atoms with E-state index in [-0.39, 0.29) is 37.9 Å². The van der Waals surface area contributed by atoms with Crippen LogP contribution in [0.25, 0.3) is 0 Å². The molecule has 336 valence electrons. The molecule has 0 spiro atoms. The molecule has 3 fully saturated rings. The molecular weight excluding hydrogens is 1400 g/mol. The van der Waals surface area contributed by atoms with Crippen molar-refractivity contribution in [3.63, 3.8) is 0 Å². The van der Waals surface area contributed by atoms with Gasteiger partial charge in [0.05, 0.1) is 23.7 Å². The molecule has 0 bridgehead atoms. The van der Waals surface area contributed by atoms with Crippen LogP contribution in [0.4, 0.5) is 45.9 Å². The average molecular weight is 1460 g/mol. The number of likely N-dealkylation sites (N-methyl/N-ethyl adjacent to an activating group) is 3. The van der Waals surface area contributed by atoms with E-state index < -0.39 is 9.85 Å². The SMILES string of the molecule is C.C.CN1CCN(c2ccnc(N)c2N)CC1.CN1CCN(c2ccnc(N)c2[N+](=O)[O-])CC1.CN1CCNCC1.IC(I)I.ICI.Nc1nccc(Br)c1[N+](=O)[O-]. The predicted molar refractivity (Wildman–Crippen MR) is 293 cm³/mol. The summed E-state index contributed by atoms with van der Waals surface area (Å²) in [4.78, 5) is 42.6. The number of piperazine rings is 3. The number of halogens is 6. The van der Waals surface area contributed by atoms with E-state index in [0.717, 1.165) is 71.1 Å². The summed E-state index contributed by atoms with van der Waals surface area (Å²) in [7, 11) is 6.31. The Labute approximate surface area is 425 Å².